The number of carbonyl (C=O) groups is 2. The highest BCUT2D eigenvalue weighted by Crippen LogP contribution is 2.38. The molecule has 1 aromatic rings. The molecule has 9 nitrogen and oxygen atoms in total. The third kappa shape index (κ3) is 4.83. The average Bonchev–Trinajstić information content (AvgIpc) is 3.03. The van der Waals surface area contributed by atoms with Crippen LogP contribution in [0, 0.1) is 0 Å². The topological polar surface area (TPSA) is 151 Å². The van der Waals surface area contributed by atoms with Gasteiger partial charge >= 0.3 is 18.1 Å². The van der Waals surface area contributed by atoms with Crippen molar-refractivity contribution in [1.82, 2.24) is 9.29 Å². The van der Waals surface area contributed by atoms with Crippen LogP contribution in [0.2, 0.25) is 5.02 Å². The Morgan fingerprint density at radius 2 is 1.93 bits per heavy atom. The molecule has 158 valence electrons. The molecule has 1 aromatic heterocycles. The smallest absolute Gasteiger partial charge is 0.480 e. The second kappa shape index (κ2) is 8.49. The van der Waals surface area contributed by atoms with E-state index in [0.717, 1.165) is 4.31 Å². The number of nitrogen functional groups attached to an aromatic ring is 1. The first-order valence-electron chi connectivity index (χ1n) is 7.67. The molecule has 0 saturated carbocycles. The predicted molar refractivity (Wildman–Crippen MR) is 91.1 cm³/mol. The van der Waals surface area contributed by atoms with E-state index in [4.69, 9.17) is 27.2 Å². The maximum absolute atomic E-state index is 12.8. The first-order valence-corrected chi connectivity index (χ1v) is 9.49. The number of carboxylic acids is 2. The molecule has 0 amide bonds. The lowest BCUT2D eigenvalue weighted by Gasteiger charge is -2.33. The number of hydrogen-bond donors (Lipinski definition) is 3. The summed E-state index contributed by atoms with van der Waals surface area (Å²) in [6.07, 6.45) is -2.92. The van der Waals surface area contributed by atoms with E-state index in [-0.39, 0.29) is 35.1 Å². The third-order valence-electron chi connectivity index (χ3n) is 4.07. The molecule has 0 bridgehead atoms. The molecule has 0 radical (unpaired) electrons. The van der Waals surface area contributed by atoms with Gasteiger partial charge in [-0.25, -0.2) is 18.2 Å². The molecule has 2 rings (SSSR count). The molecule has 4 N–H and O–H groups in total. The number of aliphatic carboxylic acids is 2. The van der Waals surface area contributed by atoms with Crippen LogP contribution in [-0.2, 0) is 19.6 Å². The van der Waals surface area contributed by atoms with Crippen molar-refractivity contribution < 1.29 is 41.4 Å². The molecular weight excluding hydrogens is 431 g/mol. The van der Waals surface area contributed by atoms with Gasteiger partial charge in [0.05, 0.1) is 5.02 Å². The number of aromatic nitrogens is 1. The van der Waals surface area contributed by atoms with Gasteiger partial charge in [0.1, 0.15) is 16.3 Å². The van der Waals surface area contributed by atoms with Crippen LogP contribution in [0.5, 0.6) is 0 Å². The Hall–Kier alpha value is -2.12. The zero-order chi connectivity index (χ0) is 21.9. The lowest BCUT2D eigenvalue weighted by molar-refractivity contribution is -0.192. The largest absolute Gasteiger partial charge is 0.490 e. The summed E-state index contributed by atoms with van der Waals surface area (Å²) < 4.78 is 58.3. The summed E-state index contributed by atoms with van der Waals surface area (Å²) in [7, 11) is -4.08. The van der Waals surface area contributed by atoms with Gasteiger partial charge in [-0.3, -0.25) is 4.79 Å². The molecule has 1 aliphatic rings. The fourth-order valence-corrected chi connectivity index (χ4v) is 4.86. The van der Waals surface area contributed by atoms with Crippen LogP contribution in [0.4, 0.5) is 19.0 Å². The molecular formula is C14H17ClF3N3O6S. The van der Waals surface area contributed by atoms with Crippen molar-refractivity contribution in [2.24, 2.45) is 0 Å². The minimum Gasteiger partial charge on any atom is -0.480 e. The van der Waals surface area contributed by atoms with E-state index in [1.165, 1.54) is 12.3 Å². The molecule has 2 heterocycles. The van der Waals surface area contributed by atoms with Crippen LogP contribution in [-0.4, -0.2) is 58.1 Å². The Morgan fingerprint density at radius 1 is 1.39 bits per heavy atom. The number of carboxylic acid groups (broad SMARTS) is 2. The maximum atomic E-state index is 12.8. The van der Waals surface area contributed by atoms with Crippen molar-refractivity contribution in [1.29, 1.82) is 0 Å². The molecule has 0 aliphatic carbocycles. The summed E-state index contributed by atoms with van der Waals surface area (Å²) in [5, 5.41) is 16.7. The second-order valence-electron chi connectivity index (χ2n) is 5.71. The van der Waals surface area contributed by atoms with Crippen molar-refractivity contribution in [2.75, 3.05) is 12.3 Å². The Kier molecular flexibility index (Phi) is 7.25. The minimum absolute atomic E-state index is 0.124. The Bertz CT molecular complexity index is 864. The maximum Gasteiger partial charge on any atom is 0.490 e. The highest BCUT2D eigenvalue weighted by molar-refractivity contribution is 7.89. The van der Waals surface area contributed by atoms with Crippen molar-refractivity contribution in [2.45, 2.75) is 42.8 Å². The Balaban J connectivity index is 0.000000480. The van der Waals surface area contributed by atoms with Gasteiger partial charge in [-0.15, -0.1) is 0 Å². The zero-order valence-electron chi connectivity index (χ0n) is 14.4. The lowest BCUT2D eigenvalue weighted by atomic mass is 9.95. The first-order chi connectivity index (χ1) is 12.7. The van der Waals surface area contributed by atoms with Gasteiger partial charge in [0.15, 0.2) is 0 Å². The van der Waals surface area contributed by atoms with E-state index < -0.39 is 33.7 Å². The quantitative estimate of drug-likeness (QED) is 0.633. The molecule has 1 saturated heterocycles. The van der Waals surface area contributed by atoms with E-state index in [1.807, 2.05) is 0 Å². The number of nitrogens with two attached hydrogens (primary N) is 1. The van der Waals surface area contributed by atoms with E-state index in [9.17, 15) is 31.5 Å². The predicted octanol–water partition coefficient (Wildman–Crippen LogP) is 1.97. The first kappa shape index (κ1) is 23.9. The molecule has 1 aliphatic heterocycles. The number of sulfonamides is 1. The summed E-state index contributed by atoms with van der Waals surface area (Å²) in [4.78, 5) is 24.0. The standard InChI is InChI=1S/C12H16ClN3O4S.C2HF3O2/c1-2-12(11(17)18)4-3-5-16(12)21(19,20)9-6-8(13)7-15-10(9)14;3-2(4,5)1(6)7/h6-7H,2-5H2,1H3,(H2,14,15)(H,17,18);(H,6,7). The summed E-state index contributed by atoms with van der Waals surface area (Å²) in [5.74, 6) is -4.10. The van der Waals surface area contributed by atoms with Gasteiger partial charge in [-0.2, -0.15) is 17.5 Å². The molecule has 1 unspecified atom stereocenters. The monoisotopic (exact) mass is 447 g/mol. The van der Waals surface area contributed by atoms with Crippen LogP contribution in [0.3, 0.4) is 0 Å². The molecule has 0 aromatic carbocycles. The van der Waals surface area contributed by atoms with Crippen molar-refractivity contribution in [3.05, 3.63) is 17.3 Å². The fraction of sp³-hybridized carbons (Fsp3) is 0.500. The van der Waals surface area contributed by atoms with Crippen LogP contribution >= 0.6 is 11.6 Å². The van der Waals surface area contributed by atoms with E-state index >= 15 is 0 Å². The highest BCUT2D eigenvalue weighted by Gasteiger charge is 2.52. The molecule has 28 heavy (non-hydrogen) atoms. The normalized spacial score (nSPS) is 20.3. The van der Waals surface area contributed by atoms with E-state index in [2.05, 4.69) is 4.98 Å². The third-order valence-corrected chi connectivity index (χ3v) is 6.27. The molecule has 1 fully saturated rings. The number of nitrogens with zero attached hydrogens (tertiary/aromatic N) is 2. The highest BCUT2D eigenvalue weighted by atomic mass is 35.5. The van der Waals surface area contributed by atoms with Crippen LogP contribution in [0.15, 0.2) is 17.2 Å². The van der Waals surface area contributed by atoms with Crippen molar-refractivity contribution >= 4 is 39.4 Å². The number of hydrogen-bond acceptors (Lipinski definition) is 6. The van der Waals surface area contributed by atoms with Crippen molar-refractivity contribution in [3.63, 3.8) is 0 Å². The van der Waals surface area contributed by atoms with Crippen LogP contribution < -0.4 is 5.73 Å². The zero-order valence-corrected chi connectivity index (χ0v) is 16.0. The number of halogens is 4. The molecule has 1 atom stereocenters. The number of anilines is 1. The summed E-state index contributed by atoms with van der Waals surface area (Å²) >= 11 is 5.78. The van der Waals surface area contributed by atoms with Crippen LogP contribution in [0.1, 0.15) is 26.2 Å². The summed E-state index contributed by atoms with van der Waals surface area (Å²) in [5.41, 5.74) is 4.19. The van der Waals surface area contributed by atoms with Crippen molar-refractivity contribution in [3.8, 4) is 0 Å². The molecule has 0 spiro atoms. The number of alkyl halides is 3. The van der Waals surface area contributed by atoms with Gasteiger partial charge in [0, 0.05) is 12.7 Å². The average molecular weight is 448 g/mol. The molecule has 14 heteroatoms. The second-order valence-corrected chi connectivity index (χ2v) is 7.98. The SMILES string of the molecule is CCC1(C(=O)O)CCCN1S(=O)(=O)c1cc(Cl)cnc1N.O=C(O)C(F)(F)F. The Labute approximate surface area is 163 Å². The summed E-state index contributed by atoms with van der Waals surface area (Å²) in [6.45, 7) is 1.79. The van der Waals surface area contributed by atoms with E-state index in [0.29, 0.717) is 6.42 Å². The van der Waals surface area contributed by atoms with Gasteiger partial charge < -0.3 is 15.9 Å². The summed E-state index contributed by atoms with van der Waals surface area (Å²) in [6, 6.07) is 1.19. The van der Waals surface area contributed by atoms with Gasteiger partial charge in [-0.1, -0.05) is 18.5 Å². The van der Waals surface area contributed by atoms with Crippen LogP contribution in [0.25, 0.3) is 0 Å². The number of rotatable bonds is 4. The number of pyridine rings is 1. The van der Waals surface area contributed by atoms with Gasteiger partial charge in [0.25, 0.3) is 0 Å². The van der Waals surface area contributed by atoms with Gasteiger partial charge in [-0.05, 0) is 25.3 Å². The van der Waals surface area contributed by atoms with Gasteiger partial charge in [0.2, 0.25) is 10.0 Å². The fourth-order valence-electron chi connectivity index (χ4n) is 2.68. The minimum atomic E-state index is -5.08. The lowest BCUT2D eigenvalue weighted by Crippen LogP contribution is -2.52. The van der Waals surface area contributed by atoms with E-state index in [1.54, 1.807) is 6.92 Å². The Morgan fingerprint density at radius 3 is 2.36 bits per heavy atom.